The molecule has 0 fully saturated rings. The molecule has 0 spiro atoms. The number of rotatable bonds is 4. The van der Waals surface area contributed by atoms with E-state index in [1.165, 1.54) is 0 Å². The summed E-state index contributed by atoms with van der Waals surface area (Å²) in [4.78, 5) is 12.2. The first-order valence-electron chi connectivity index (χ1n) is 6.56. The van der Waals surface area contributed by atoms with Crippen LogP contribution in [-0.2, 0) is 0 Å². The van der Waals surface area contributed by atoms with E-state index in [0.29, 0.717) is 23.6 Å². The highest BCUT2D eigenvalue weighted by Crippen LogP contribution is 2.25. The first-order valence-corrected chi connectivity index (χ1v) is 6.56. The van der Waals surface area contributed by atoms with Gasteiger partial charge in [0.1, 0.15) is 0 Å². The van der Waals surface area contributed by atoms with Crippen molar-refractivity contribution in [2.45, 2.75) is 20.3 Å². The average molecular weight is 253 g/mol. The topological polar surface area (TPSA) is 43.1 Å². The van der Waals surface area contributed by atoms with Crippen molar-refractivity contribution in [1.29, 1.82) is 0 Å². The fourth-order valence-corrected chi connectivity index (χ4v) is 2.09. The summed E-state index contributed by atoms with van der Waals surface area (Å²) < 4.78 is 0. The Morgan fingerprint density at radius 2 is 1.74 bits per heavy atom. The second-order valence-electron chi connectivity index (χ2n) is 5.19. The Hall–Kier alpha value is -2.09. The highest BCUT2D eigenvalue weighted by molar-refractivity contribution is 6.02. The Morgan fingerprint density at radius 3 is 2.37 bits per heavy atom. The van der Waals surface area contributed by atoms with Crippen LogP contribution in [0.25, 0.3) is 11.1 Å². The van der Waals surface area contributed by atoms with Crippen LogP contribution in [0, 0.1) is 5.92 Å². The molecule has 0 aromatic heterocycles. The van der Waals surface area contributed by atoms with E-state index < -0.39 is 0 Å². The van der Waals surface area contributed by atoms with Crippen molar-refractivity contribution < 1.29 is 4.79 Å². The number of carbonyl (C=O) groups is 1. The summed E-state index contributed by atoms with van der Waals surface area (Å²) in [5.74, 6) is 0.456. The minimum absolute atomic E-state index is 0.116. The molecular formula is C17H19NO. The maximum absolute atomic E-state index is 12.2. The molecule has 0 heterocycles. The molecule has 2 rings (SSSR count). The van der Waals surface area contributed by atoms with E-state index in [9.17, 15) is 4.79 Å². The summed E-state index contributed by atoms with van der Waals surface area (Å²) in [6.45, 7) is 4.07. The Kier molecular flexibility index (Phi) is 4.00. The third kappa shape index (κ3) is 3.22. The number of anilines is 1. The van der Waals surface area contributed by atoms with Gasteiger partial charge in [-0.05, 0) is 29.2 Å². The van der Waals surface area contributed by atoms with Crippen LogP contribution in [0.2, 0.25) is 0 Å². The van der Waals surface area contributed by atoms with Crippen LogP contribution in [0.15, 0.2) is 48.5 Å². The number of ketones is 1. The summed E-state index contributed by atoms with van der Waals surface area (Å²) in [5, 5.41) is 0. The lowest BCUT2D eigenvalue weighted by Crippen LogP contribution is -2.07. The zero-order valence-corrected chi connectivity index (χ0v) is 11.4. The lowest BCUT2D eigenvalue weighted by atomic mass is 9.96. The molecule has 2 N–H and O–H groups in total. The van der Waals surface area contributed by atoms with Gasteiger partial charge in [-0.2, -0.15) is 0 Å². The van der Waals surface area contributed by atoms with E-state index >= 15 is 0 Å². The molecule has 2 nitrogen and oxygen atoms in total. The monoisotopic (exact) mass is 253 g/mol. The molecule has 0 aliphatic rings. The van der Waals surface area contributed by atoms with Gasteiger partial charge in [0.15, 0.2) is 5.78 Å². The maximum atomic E-state index is 12.2. The minimum Gasteiger partial charge on any atom is -0.398 e. The molecule has 2 aromatic carbocycles. The molecule has 0 radical (unpaired) electrons. The minimum atomic E-state index is 0.116. The summed E-state index contributed by atoms with van der Waals surface area (Å²) in [7, 11) is 0. The van der Waals surface area contributed by atoms with Crippen LogP contribution < -0.4 is 5.73 Å². The third-order valence-corrected chi connectivity index (χ3v) is 3.05. The first kappa shape index (κ1) is 13.3. The van der Waals surface area contributed by atoms with Crippen molar-refractivity contribution in [2.75, 3.05) is 5.73 Å². The Balaban J connectivity index is 2.38. The number of benzene rings is 2. The molecule has 0 saturated carbocycles. The molecule has 98 valence electrons. The largest absolute Gasteiger partial charge is 0.398 e. The molecule has 0 aliphatic carbocycles. The van der Waals surface area contributed by atoms with E-state index in [2.05, 4.69) is 0 Å². The van der Waals surface area contributed by atoms with Gasteiger partial charge >= 0.3 is 0 Å². The quantitative estimate of drug-likeness (QED) is 0.656. The zero-order chi connectivity index (χ0) is 13.8. The summed E-state index contributed by atoms with van der Waals surface area (Å²) in [5.41, 5.74) is 9.25. The van der Waals surface area contributed by atoms with Gasteiger partial charge in [0.05, 0.1) is 0 Å². The van der Waals surface area contributed by atoms with Gasteiger partial charge < -0.3 is 5.73 Å². The van der Waals surface area contributed by atoms with Gasteiger partial charge in [0.25, 0.3) is 0 Å². The third-order valence-electron chi connectivity index (χ3n) is 3.05. The normalized spacial score (nSPS) is 10.7. The number of Topliss-reactive ketones (excluding diaryl/α,β-unsaturated/α-hetero) is 1. The maximum Gasteiger partial charge on any atom is 0.165 e. The molecule has 2 aromatic rings. The second kappa shape index (κ2) is 5.70. The first-order chi connectivity index (χ1) is 9.08. The smallest absolute Gasteiger partial charge is 0.165 e. The van der Waals surface area contributed by atoms with Crippen LogP contribution in [0.1, 0.15) is 30.6 Å². The second-order valence-corrected chi connectivity index (χ2v) is 5.19. The summed E-state index contributed by atoms with van der Waals surface area (Å²) >= 11 is 0. The standard InChI is InChI=1S/C17H19NO/c1-12(2)10-17(19)15-11-14(8-9-16(15)18)13-6-4-3-5-7-13/h3-9,11-12H,10,18H2,1-2H3. The van der Waals surface area contributed by atoms with Gasteiger partial charge in [-0.3, -0.25) is 4.79 Å². The van der Waals surface area contributed by atoms with E-state index in [0.717, 1.165) is 11.1 Å². The summed E-state index contributed by atoms with van der Waals surface area (Å²) in [6, 6.07) is 15.7. The highest BCUT2D eigenvalue weighted by Gasteiger charge is 2.12. The van der Waals surface area contributed by atoms with Gasteiger partial charge in [-0.25, -0.2) is 0 Å². The predicted molar refractivity (Wildman–Crippen MR) is 80.1 cm³/mol. The molecule has 0 amide bonds. The Morgan fingerprint density at radius 1 is 1.05 bits per heavy atom. The number of carbonyl (C=O) groups excluding carboxylic acids is 1. The van der Waals surface area contributed by atoms with Crippen molar-refractivity contribution in [3.63, 3.8) is 0 Å². The summed E-state index contributed by atoms with van der Waals surface area (Å²) in [6.07, 6.45) is 0.530. The van der Waals surface area contributed by atoms with Crippen LogP contribution in [0.5, 0.6) is 0 Å². The molecule has 2 heteroatoms. The molecule has 0 aliphatic heterocycles. The number of hydrogen-bond acceptors (Lipinski definition) is 2. The van der Waals surface area contributed by atoms with Crippen LogP contribution >= 0.6 is 0 Å². The lowest BCUT2D eigenvalue weighted by Gasteiger charge is -2.09. The molecule has 0 atom stereocenters. The fraction of sp³-hybridized carbons (Fsp3) is 0.235. The average Bonchev–Trinajstić information content (AvgIpc) is 2.39. The lowest BCUT2D eigenvalue weighted by molar-refractivity contribution is 0.0969. The van der Waals surface area contributed by atoms with E-state index in [4.69, 9.17) is 5.73 Å². The van der Waals surface area contributed by atoms with E-state index in [-0.39, 0.29) is 5.78 Å². The van der Waals surface area contributed by atoms with Crippen molar-refractivity contribution in [3.05, 3.63) is 54.1 Å². The van der Waals surface area contributed by atoms with E-state index in [1.54, 1.807) is 0 Å². The van der Waals surface area contributed by atoms with Crippen LogP contribution in [0.4, 0.5) is 5.69 Å². The van der Waals surface area contributed by atoms with Crippen LogP contribution in [-0.4, -0.2) is 5.78 Å². The van der Waals surface area contributed by atoms with Gasteiger partial charge in [0.2, 0.25) is 0 Å². The van der Waals surface area contributed by atoms with Crippen LogP contribution in [0.3, 0.4) is 0 Å². The molecular weight excluding hydrogens is 234 g/mol. The van der Waals surface area contributed by atoms with Crippen molar-refractivity contribution in [3.8, 4) is 11.1 Å². The number of hydrogen-bond donors (Lipinski definition) is 1. The molecule has 0 bridgehead atoms. The number of nitrogen functional groups attached to an aromatic ring is 1. The zero-order valence-electron chi connectivity index (χ0n) is 11.4. The van der Waals surface area contributed by atoms with Crippen molar-refractivity contribution in [2.24, 2.45) is 5.92 Å². The Labute approximate surface area is 114 Å². The van der Waals surface area contributed by atoms with E-state index in [1.807, 2.05) is 62.4 Å². The van der Waals surface area contributed by atoms with Gasteiger partial charge in [0, 0.05) is 17.7 Å². The molecule has 19 heavy (non-hydrogen) atoms. The molecule has 0 unspecified atom stereocenters. The predicted octanol–water partition coefficient (Wildman–Crippen LogP) is 4.16. The fourth-order valence-electron chi connectivity index (χ4n) is 2.09. The molecule has 0 saturated heterocycles. The highest BCUT2D eigenvalue weighted by atomic mass is 16.1. The Bertz CT molecular complexity index is 573. The van der Waals surface area contributed by atoms with Crippen molar-refractivity contribution >= 4 is 11.5 Å². The van der Waals surface area contributed by atoms with Crippen molar-refractivity contribution in [1.82, 2.24) is 0 Å². The van der Waals surface area contributed by atoms with Gasteiger partial charge in [-0.1, -0.05) is 50.2 Å². The SMILES string of the molecule is CC(C)CC(=O)c1cc(-c2ccccc2)ccc1N. The van der Waals surface area contributed by atoms with Gasteiger partial charge in [-0.15, -0.1) is 0 Å². The number of nitrogens with two attached hydrogens (primary N) is 1.